The van der Waals surface area contributed by atoms with E-state index in [9.17, 15) is 0 Å². The number of oxazole rings is 1. The summed E-state index contributed by atoms with van der Waals surface area (Å²) < 4.78 is 8.69. The van der Waals surface area contributed by atoms with Gasteiger partial charge in [0, 0.05) is 22.0 Å². The molecule has 0 radical (unpaired) electrons. The summed E-state index contributed by atoms with van der Waals surface area (Å²) in [6, 6.07) is 56.8. The zero-order chi connectivity index (χ0) is 34.5. The second-order valence-corrected chi connectivity index (χ2v) is 13.6. The van der Waals surface area contributed by atoms with Crippen LogP contribution in [0.25, 0.3) is 83.4 Å². The van der Waals surface area contributed by atoms with Crippen molar-refractivity contribution >= 4 is 32.9 Å². The first-order valence-electron chi connectivity index (χ1n) is 17.9. The molecule has 1 atom stereocenters. The molecule has 0 aliphatic heterocycles. The Balaban J connectivity index is 1.11. The lowest BCUT2D eigenvalue weighted by Gasteiger charge is -2.15. The summed E-state index contributed by atoms with van der Waals surface area (Å²) >= 11 is 0. The molecule has 51 heavy (non-hydrogen) atoms. The zero-order valence-corrected chi connectivity index (χ0v) is 29.1. The molecule has 0 spiro atoms. The molecule has 0 aliphatic rings. The van der Waals surface area contributed by atoms with E-state index in [2.05, 4.69) is 183 Å². The van der Waals surface area contributed by atoms with Gasteiger partial charge in [-0.25, -0.2) is 4.98 Å². The minimum atomic E-state index is 0.488. The third-order valence-electron chi connectivity index (χ3n) is 10.5. The van der Waals surface area contributed by atoms with Crippen molar-refractivity contribution in [3.63, 3.8) is 0 Å². The van der Waals surface area contributed by atoms with Crippen LogP contribution in [-0.2, 0) is 0 Å². The molecular weight excluding hydrogens is 621 g/mol. The van der Waals surface area contributed by atoms with Gasteiger partial charge in [-0.15, -0.1) is 0 Å². The van der Waals surface area contributed by atoms with Crippen molar-refractivity contribution in [2.45, 2.75) is 33.1 Å². The van der Waals surface area contributed by atoms with Crippen LogP contribution in [0.5, 0.6) is 0 Å². The van der Waals surface area contributed by atoms with Gasteiger partial charge in [0.25, 0.3) is 0 Å². The molecule has 3 heteroatoms. The maximum absolute atomic E-state index is 6.33. The smallest absolute Gasteiger partial charge is 0.227 e. The molecule has 7 aromatic carbocycles. The van der Waals surface area contributed by atoms with Crippen LogP contribution in [-0.4, -0.2) is 9.55 Å². The first kappa shape index (κ1) is 30.8. The topological polar surface area (TPSA) is 31.0 Å². The molecule has 0 aliphatic carbocycles. The molecule has 0 amide bonds. The number of fused-ring (bicyclic) bond motifs is 4. The van der Waals surface area contributed by atoms with Gasteiger partial charge < -0.3 is 8.98 Å². The molecule has 2 heterocycles. The lowest BCUT2D eigenvalue weighted by molar-refractivity contribution is 0.617. The first-order valence-corrected chi connectivity index (χ1v) is 17.9. The molecule has 9 rings (SSSR count). The van der Waals surface area contributed by atoms with Gasteiger partial charge in [0.15, 0.2) is 5.58 Å². The van der Waals surface area contributed by atoms with Gasteiger partial charge in [0.1, 0.15) is 5.52 Å². The summed E-state index contributed by atoms with van der Waals surface area (Å²) in [5, 5.41) is 2.50. The second kappa shape index (κ2) is 12.6. The predicted molar refractivity (Wildman–Crippen MR) is 214 cm³/mol. The molecule has 246 valence electrons. The minimum Gasteiger partial charge on any atom is -0.436 e. The molecule has 1 unspecified atom stereocenters. The van der Waals surface area contributed by atoms with Gasteiger partial charge in [0.2, 0.25) is 5.89 Å². The van der Waals surface area contributed by atoms with Crippen LogP contribution in [0, 0.1) is 6.92 Å². The molecule has 2 aromatic heterocycles. The van der Waals surface area contributed by atoms with Gasteiger partial charge >= 0.3 is 0 Å². The summed E-state index contributed by atoms with van der Waals surface area (Å²) in [6.07, 6.45) is 1.10. The Hall–Kier alpha value is -6.19. The van der Waals surface area contributed by atoms with Gasteiger partial charge in [-0.3, -0.25) is 0 Å². The van der Waals surface area contributed by atoms with Crippen LogP contribution in [0.2, 0.25) is 0 Å². The zero-order valence-electron chi connectivity index (χ0n) is 29.1. The van der Waals surface area contributed by atoms with Crippen LogP contribution >= 0.6 is 0 Å². The lowest BCUT2D eigenvalue weighted by Crippen LogP contribution is -1.93. The fourth-order valence-corrected chi connectivity index (χ4v) is 7.60. The highest BCUT2D eigenvalue weighted by atomic mass is 16.3. The molecular formula is C48H38N2O. The van der Waals surface area contributed by atoms with Crippen LogP contribution in [0.15, 0.2) is 162 Å². The van der Waals surface area contributed by atoms with Crippen LogP contribution < -0.4 is 0 Å². The number of aromatic nitrogens is 2. The highest BCUT2D eigenvalue weighted by Crippen LogP contribution is 2.41. The number of hydrogen-bond acceptors (Lipinski definition) is 2. The summed E-state index contributed by atoms with van der Waals surface area (Å²) in [5.74, 6) is 1.14. The molecule has 3 nitrogen and oxygen atoms in total. The van der Waals surface area contributed by atoms with Crippen molar-refractivity contribution in [3.8, 4) is 50.5 Å². The van der Waals surface area contributed by atoms with Crippen molar-refractivity contribution in [3.05, 3.63) is 169 Å². The minimum absolute atomic E-state index is 0.488. The first-order chi connectivity index (χ1) is 25.1. The summed E-state index contributed by atoms with van der Waals surface area (Å²) in [7, 11) is 0. The molecule has 0 saturated heterocycles. The van der Waals surface area contributed by atoms with E-state index in [-0.39, 0.29) is 0 Å². The van der Waals surface area contributed by atoms with Crippen LogP contribution in [0.4, 0.5) is 0 Å². The van der Waals surface area contributed by atoms with E-state index in [1.807, 2.05) is 0 Å². The predicted octanol–water partition coefficient (Wildman–Crippen LogP) is 13.4. The molecule has 0 fully saturated rings. The highest BCUT2D eigenvalue weighted by Gasteiger charge is 2.17. The van der Waals surface area contributed by atoms with E-state index < -0.39 is 0 Å². The average molecular weight is 659 g/mol. The number of aryl methyl sites for hydroxylation is 1. The SMILES string of the molecule is CCC(C)c1cc(C)c2oc(-c3ccc(-c4ccccc4-c4ccccc4-c4ccc5c(c4)c4ccccc4n5-c4ccccc4)cc3)nc2c1. The fraction of sp³-hybridized carbons (Fsp3) is 0.104. The quantitative estimate of drug-likeness (QED) is 0.171. The highest BCUT2D eigenvalue weighted by molar-refractivity contribution is 6.11. The third kappa shape index (κ3) is 5.34. The fourth-order valence-electron chi connectivity index (χ4n) is 7.60. The third-order valence-corrected chi connectivity index (χ3v) is 10.5. The summed E-state index contributed by atoms with van der Waals surface area (Å²) in [4.78, 5) is 4.92. The maximum Gasteiger partial charge on any atom is 0.227 e. The van der Waals surface area contributed by atoms with Crippen LogP contribution in [0.1, 0.15) is 37.3 Å². The van der Waals surface area contributed by atoms with Crippen molar-refractivity contribution in [1.29, 1.82) is 0 Å². The van der Waals surface area contributed by atoms with Gasteiger partial charge in [-0.05, 0) is 112 Å². The number of para-hydroxylation sites is 2. The van der Waals surface area contributed by atoms with Crippen LogP contribution in [0.3, 0.4) is 0 Å². The van der Waals surface area contributed by atoms with Crippen molar-refractivity contribution in [1.82, 2.24) is 9.55 Å². The summed E-state index contributed by atoms with van der Waals surface area (Å²) in [5.41, 5.74) is 15.9. The van der Waals surface area contributed by atoms with E-state index >= 15 is 0 Å². The molecule has 0 N–H and O–H groups in total. The standard InChI is InChI=1S/C48H38N2O/c1-4-31(2)36-28-32(3)47-44(30-36)49-48(51-47)34-24-22-33(23-25-34)38-16-8-10-18-40(38)41-19-11-9-17-39(41)35-26-27-46-43(29-35)42-20-12-13-21-45(42)50(46)37-14-6-5-7-15-37/h5-31H,4H2,1-3H3. The van der Waals surface area contributed by atoms with Crippen molar-refractivity contribution in [2.75, 3.05) is 0 Å². The summed E-state index contributed by atoms with van der Waals surface area (Å²) in [6.45, 7) is 6.60. The van der Waals surface area contributed by atoms with Crippen molar-refractivity contribution in [2.24, 2.45) is 0 Å². The Kier molecular flexibility index (Phi) is 7.62. The monoisotopic (exact) mass is 658 g/mol. The van der Waals surface area contributed by atoms with Crippen molar-refractivity contribution < 1.29 is 4.42 Å². The van der Waals surface area contributed by atoms with E-state index in [1.54, 1.807) is 0 Å². The molecule has 0 bridgehead atoms. The van der Waals surface area contributed by atoms with E-state index in [1.165, 1.54) is 60.9 Å². The van der Waals surface area contributed by atoms with Gasteiger partial charge in [0.05, 0.1) is 11.0 Å². The largest absolute Gasteiger partial charge is 0.436 e. The Morgan fingerprint density at radius 2 is 1.16 bits per heavy atom. The lowest BCUT2D eigenvalue weighted by atomic mass is 9.89. The normalized spacial score (nSPS) is 12.2. The van der Waals surface area contributed by atoms with E-state index in [0.29, 0.717) is 11.8 Å². The average Bonchev–Trinajstić information content (AvgIpc) is 3.78. The second-order valence-electron chi connectivity index (χ2n) is 13.6. The Labute approximate surface area is 298 Å². The number of hydrogen-bond donors (Lipinski definition) is 0. The van der Waals surface area contributed by atoms with E-state index in [0.717, 1.165) is 34.2 Å². The Morgan fingerprint density at radius 3 is 1.88 bits per heavy atom. The molecule has 9 aromatic rings. The van der Waals surface area contributed by atoms with Gasteiger partial charge in [-0.1, -0.05) is 123 Å². The maximum atomic E-state index is 6.33. The van der Waals surface area contributed by atoms with Gasteiger partial charge in [-0.2, -0.15) is 0 Å². The number of benzene rings is 7. The number of nitrogens with zero attached hydrogens (tertiary/aromatic N) is 2. The Bertz CT molecular complexity index is 2700. The number of rotatable bonds is 7. The van der Waals surface area contributed by atoms with E-state index in [4.69, 9.17) is 9.40 Å². The molecule has 0 saturated carbocycles. The Morgan fingerprint density at radius 1 is 0.569 bits per heavy atom.